The minimum atomic E-state index is -0.697. The van der Waals surface area contributed by atoms with Crippen LogP contribution in [0.2, 0.25) is 0 Å². The zero-order valence-corrected chi connectivity index (χ0v) is 17.4. The third kappa shape index (κ3) is 7.15. The van der Waals surface area contributed by atoms with Crippen LogP contribution in [0.3, 0.4) is 0 Å². The van der Waals surface area contributed by atoms with E-state index in [0.717, 1.165) is 4.88 Å². The lowest BCUT2D eigenvalue weighted by Gasteiger charge is -2.17. The van der Waals surface area contributed by atoms with Crippen molar-refractivity contribution < 1.29 is 23.9 Å². The van der Waals surface area contributed by atoms with Crippen molar-refractivity contribution in [2.45, 2.75) is 27.3 Å². The number of carbonyl (C=O) groups excluding carboxylic acids is 4. The first-order valence-electron chi connectivity index (χ1n) is 9.06. The van der Waals surface area contributed by atoms with E-state index in [4.69, 9.17) is 4.74 Å². The number of amides is 2. The van der Waals surface area contributed by atoms with Crippen molar-refractivity contribution >= 4 is 34.9 Å². The number of rotatable bonds is 8. The van der Waals surface area contributed by atoms with Crippen LogP contribution in [0.5, 0.6) is 0 Å². The molecule has 0 aliphatic carbocycles. The zero-order chi connectivity index (χ0) is 21.4. The molecule has 29 heavy (non-hydrogen) atoms. The molecule has 0 saturated carbocycles. The third-order valence-electron chi connectivity index (χ3n) is 3.83. The Morgan fingerprint density at radius 1 is 0.966 bits per heavy atom. The molecule has 7 nitrogen and oxygen atoms in total. The molecule has 154 valence electrons. The van der Waals surface area contributed by atoms with Gasteiger partial charge in [-0.25, -0.2) is 0 Å². The van der Waals surface area contributed by atoms with Gasteiger partial charge in [-0.15, -0.1) is 11.3 Å². The maximum absolute atomic E-state index is 12.2. The van der Waals surface area contributed by atoms with Crippen molar-refractivity contribution in [2.75, 3.05) is 13.2 Å². The smallest absolute Gasteiger partial charge is 0.325 e. The minimum Gasteiger partial charge on any atom is -0.456 e. The van der Waals surface area contributed by atoms with Crippen molar-refractivity contribution in [3.63, 3.8) is 0 Å². The van der Waals surface area contributed by atoms with Gasteiger partial charge in [-0.1, -0.05) is 39.0 Å². The summed E-state index contributed by atoms with van der Waals surface area (Å²) in [5, 5.41) is 5.26. The Balaban J connectivity index is 1.75. The number of benzene rings is 1. The van der Waals surface area contributed by atoms with E-state index in [-0.39, 0.29) is 18.2 Å². The van der Waals surface area contributed by atoms with E-state index in [9.17, 15) is 19.2 Å². The van der Waals surface area contributed by atoms with Gasteiger partial charge in [0.1, 0.15) is 6.54 Å². The highest BCUT2D eigenvalue weighted by molar-refractivity contribution is 7.14. The van der Waals surface area contributed by atoms with Gasteiger partial charge in [-0.05, 0) is 24.3 Å². The molecule has 2 amide bonds. The fourth-order valence-corrected chi connectivity index (χ4v) is 3.04. The Bertz CT molecular complexity index is 884. The Morgan fingerprint density at radius 3 is 2.31 bits per heavy atom. The number of Topliss-reactive ketones (excluding diaryl/α,β-unsaturated/α-hetero) is 1. The van der Waals surface area contributed by atoms with Gasteiger partial charge in [-0.2, -0.15) is 0 Å². The Kier molecular flexibility index (Phi) is 7.67. The fraction of sp³-hybridized carbons (Fsp3) is 0.333. The van der Waals surface area contributed by atoms with E-state index in [0.29, 0.717) is 17.0 Å². The highest BCUT2D eigenvalue weighted by atomic mass is 32.1. The van der Waals surface area contributed by atoms with Crippen LogP contribution >= 0.6 is 11.3 Å². The number of ketones is 1. The van der Waals surface area contributed by atoms with Crippen LogP contribution in [0, 0.1) is 5.41 Å². The van der Waals surface area contributed by atoms with Gasteiger partial charge in [0.15, 0.2) is 6.61 Å². The van der Waals surface area contributed by atoms with Gasteiger partial charge < -0.3 is 15.4 Å². The molecular formula is C21H24N2O5S. The predicted octanol–water partition coefficient (Wildman–Crippen LogP) is 2.57. The molecule has 8 heteroatoms. The van der Waals surface area contributed by atoms with Crippen molar-refractivity contribution in [2.24, 2.45) is 5.41 Å². The van der Waals surface area contributed by atoms with Gasteiger partial charge in [-0.3, -0.25) is 19.2 Å². The van der Waals surface area contributed by atoms with Crippen LogP contribution in [0.4, 0.5) is 0 Å². The zero-order valence-electron chi connectivity index (χ0n) is 16.6. The van der Waals surface area contributed by atoms with Crippen LogP contribution in [0.25, 0.3) is 0 Å². The van der Waals surface area contributed by atoms with Crippen molar-refractivity contribution in [3.05, 3.63) is 57.8 Å². The van der Waals surface area contributed by atoms with Gasteiger partial charge in [0.05, 0.1) is 11.4 Å². The number of carbonyl (C=O) groups is 4. The van der Waals surface area contributed by atoms with Crippen LogP contribution in [-0.2, 0) is 20.9 Å². The minimum absolute atomic E-state index is 0.0785. The summed E-state index contributed by atoms with van der Waals surface area (Å²) in [7, 11) is 0. The molecule has 0 spiro atoms. The number of thiophene rings is 1. The molecule has 1 aromatic carbocycles. The maximum atomic E-state index is 12.2. The first kappa shape index (κ1) is 22.3. The van der Waals surface area contributed by atoms with Gasteiger partial charge in [0.2, 0.25) is 11.7 Å². The second-order valence-corrected chi connectivity index (χ2v) is 8.50. The summed E-state index contributed by atoms with van der Waals surface area (Å²) in [5.41, 5.74) is -0.0546. The number of ether oxygens (including phenoxy) is 1. The lowest BCUT2D eigenvalue weighted by molar-refractivity contribution is -0.141. The topological polar surface area (TPSA) is 102 Å². The molecule has 0 fully saturated rings. The molecule has 0 unspecified atom stereocenters. The molecule has 1 heterocycles. The molecule has 0 saturated heterocycles. The summed E-state index contributed by atoms with van der Waals surface area (Å²) < 4.78 is 4.93. The van der Waals surface area contributed by atoms with Gasteiger partial charge >= 0.3 is 5.97 Å². The average molecular weight is 416 g/mol. The normalized spacial score (nSPS) is 10.9. The van der Waals surface area contributed by atoms with Crippen LogP contribution < -0.4 is 10.6 Å². The number of hydrogen-bond acceptors (Lipinski definition) is 6. The van der Waals surface area contributed by atoms with E-state index in [1.165, 1.54) is 11.3 Å². The monoisotopic (exact) mass is 416 g/mol. The van der Waals surface area contributed by atoms with E-state index < -0.39 is 23.9 Å². The number of esters is 1. The van der Waals surface area contributed by atoms with Crippen molar-refractivity contribution in [1.82, 2.24) is 10.6 Å². The second kappa shape index (κ2) is 9.97. The van der Waals surface area contributed by atoms with Crippen molar-refractivity contribution in [3.8, 4) is 0 Å². The maximum Gasteiger partial charge on any atom is 0.325 e. The van der Waals surface area contributed by atoms with Crippen LogP contribution in [0.15, 0.2) is 42.5 Å². The summed E-state index contributed by atoms with van der Waals surface area (Å²) in [6.45, 7) is 5.07. The first-order valence-corrected chi connectivity index (χ1v) is 9.87. The van der Waals surface area contributed by atoms with Gasteiger partial charge in [0, 0.05) is 15.9 Å². The van der Waals surface area contributed by atoms with Crippen molar-refractivity contribution in [1.29, 1.82) is 0 Å². The SMILES string of the molecule is CC(C)(C)C(=O)NCc1ccc(C(=O)COC(=O)CNC(=O)c2ccccc2)s1. The Labute approximate surface area is 173 Å². The lowest BCUT2D eigenvalue weighted by Crippen LogP contribution is -2.34. The van der Waals surface area contributed by atoms with Crippen LogP contribution in [-0.4, -0.2) is 36.7 Å². The summed E-state index contributed by atoms with van der Waals surface area (Å²) in [6.07, 6.45) is 0. The largest absolute Gasteiger partial charge is 0.456 e. The Morgan fingerprint density at radius 2 is 1.66 bits per heavy atom. The average Bonchev–Trinajstić information content (AvgIpc) is 3.17. The summed E-state index contributed by atoms with van der Waals surface area (Å²) in [5.74, 6) is -1.51. The molecular weight excluding hydrogens is 392 g/mol. The molecule has 0 atom stereocenters. The van der Waals surface area contributed by atoms with E-state index >= 15 is 0 Å². The molecule has 2 aromatic rings. The quantitative estimate of drug-likeness (QED) is 0.509. The summed E-state index contributed by atoms with van der Waals surface area (Å²) >= 11 is 1.24. The molecule has 0 radical (unpaired) electrons. The lowest BCUT2D eigenvalue weighted by atomic mass is 9.96. The van der Waals surface area contributed by atoms with E-state index in [1.807, 2.05) is 20.8 Å². The summed E-state index contributed by atoms with van der Waals surface area (Å²) in [4.78, 5) is 49.0. The third-order valence-corrected chi connectivity index (χ3v) is 4.96. The molecule has 1 aromatic heterocycles. The molecule has 0 aliphatic rings. The van der Waals surface area contributed by atoms with Gasteiger partial charge in [0.25, 0.3) is 5.91 Å². The Hall–Kier alpha value is -3.00. The summed E-state index contributed by atoms with van der Waals surface area (Å²) in [6, 6.07) is 11.9. The van der Waals surface area contributed by atoms with Crippen LogP contribution in [0.1, 0.15) is 45.7 Å². The molecule has 0 aliphatic heterocycles. The highest BCUT2D eigenvalue weighted by Crippen LogP contribution is 2.18. The standard InChI is InChI=1S/C21H24N2O5S/c1-21(2,3)20(27)23-11-15-9-10-17(29-15)16(24)13-28-18(25)12-22-19(26)14-7-5-4-6-8-14/h4-10H,11-13H2,1-3H3,(H,22,26)(H,23,27). The number of hydrogen-bond donors (Lipinski definition) is 2. The van der Waals surface area contributed by atoms with E-state index in [1.54, 1.807) is 42.5 Å². The second-order valence-electron chi connectivity index (χ2n) is 7.33. The van der Waals surface area contributed by atoms with E-state index in [2.05, 4.69) is 10.6 Å². The molecule has 0 bridgehead atoms. The highest BCUT2D eigenvalue weighted by Gasteiger charge is 2.21. The molecule has 2 rings (SSSR count). The number of nitrogens with one attached hydrogen (secondary N) is 2. The first-order chi connectivity index (χ1) is 13.7. The molecule has 2 N–H and O–H groups in total. The predicted molar refractivity (Wildman–Crippen MR) is 110 cm³/mol. The fourth-order valence-electron chi connectivity index (χ4n) is 2.17.